The second-order valence-electron chi connectivity index (χ2n) is 7.15. The van der Waals surface area contributed by atoms with Gasteiger partial charge >= 0.3 is 29.6 Å². The molecule has 170 valence electrons. The van der Waals surface area contributed by atoms with Crippen LogP contribution < -0.4 is 46.3 Å². The summed E-state index contributed by atoms with van der Waals surface area (Å²) in [6.45, 7) is 9.83. The van der Waals surface area contributed by atoms with Crippen molar-refractivity contribution in [2.45, 2.75) is 44.9 Å². The molecule has 1 aliphatic carbocycles. The molecule has 2 rings (SSSR count). The van der Waals surface area contributed by atoms with Crippen molar-refractivity contribution in [2.75, 3.05) is 13.7 Å². The molecular weight excluding hydrogens is 410 g/mol. The van der Waals surface area contributed by atoms with Crippen LogP contribution in [0.1, 0.15) is 49.7 Å². The zero-order chi connectivity index (χ0) is 23.3. The fraction of sp³-hybridized carbons (Fsp3) is 0.385. The van der Waals surface area contributed by atoms with E-state index in [1.165, 1.54) is 24.0 Å². The Balaban J connectivity index is 0. The fourth-order valence-corrected chi connectivity index (χ4v) is 3.12. The first-order valence-corrected chi connectivity index (χ1v) is 10.6. The van der Waals surface area contributed by atoms with Crippen LogP contribution in [0.2, 0.25) is 0 Å². The van der Waals surface area contributed by atoms with Gasteiger partial charge in [-0.25, -0.2) is 0 Å². The molecule has 1 aromatic carbocycles. The summed E-state index contributed by atoms with van der Waals surface area (Å²) in [5.41, 5.74) is 15.7. The van der Waals surface area contributed by atoms with Crippen molar-refractivity contribution in [3.05, 3.63) is 90.8 Å². The van der Waals surface area contributed by atoms with Crippen LogP contribution in [0.4, 0.5) is 4.39 Å². The van der Waals surface area contributed by atoms with E-state index >= 15 is 0 Å². The van der Waals surface area contributed by atoms with Crippen molar-refractivity contribution in [2.24, 2.45) is 17.4 Å². The van der Waals surface area contributed by atoms with Crippen LogP contribution in [0.5, 0.6) is 0 Å². The molecule has 0 heterocycles. The minimum absolute atomic E-state index is 0. The van der Waals surface area contributed by atoms with E-state index in [-0.39, 0.29) is 35.5 Å². The Morgan fingerprint density at radius 3 is 2.50 bits per heavy atom. The molecule has 1 aromatic rings. The number of hydrogen-bond acceptors (Lipinski definition) is 4. The molecule has 5 N–H and O–H groups in total. The van der Waals surface area contributed by atoms with Crippen LogP contribution in [-0.4, -0.2) is 13.7 Å². The molecule has 0 bridgehead atoms. The first-order valence-electron chi connectivity index (χ1n) is 10.6. The van der Waals surface area contributed by atoms with Gasteiger partial charge in [0, 0.05) is 18.7 Å². The smallest absolute Gasteiger partial charge is 0.402 e. The summed E-state index contributed by atoms with van der Waals surface area (Å²) in [4.78, 5) is 0. The molecule has 1 unspecified atom stereocenters. The molecule has 0 amide bonds. The van der Waals surface area contributed by atoms with Crippen molar-refractivity contribution < 1.29 is 33.9 Å². The molecule has 0 fully saturated rings. The number of nitrogens with zero attached hydrogens (tertiary/aromatic N) is 1. The maximum absolute atomic E-state index is 9.50. The minimum Gasteiger partial charge on any atom is -0.402 e. The summed E-state index contributed by atoms with van der Waals surface area (Å²) in [5.74, 6) is 0.279. The average molecular weight is 449 g/mol. The summed E-state index contributed by atoms with van der Waals surface area (Å²) >= 11 is 0. The van der Waals surface area contributed by atoms with Crippen LogP contribution in [-0.2, 0) is 6.42 Å². The Labute approximate surface area is 216 Å². The van der Waals surface area contributed by atoms with E-state index in [1.54, 1.807) is 12.7 Å². The average Bonchev–Trinajstić information content (AvgIpc) is 2.81. The molecule has 4 nitrogen and oxygen atoms in total. The number of hydrogen-bond donors (Lipinski definition) is 3. The number of benzene rings is 1. The molecular formula is C26H38FN4Na. The summed E-state index contributed by atoms with van der Waals surface area (Å²) in [6, 6.07) is 10.6. The molecule has 0 aliphatic heterocycles. The van der Waals surface area contributed by atoms with E-state index < -0.39 is 0 Å². The number of nitriles is 1. The zero-order valence-corrected chi connectivity index (χ0v) is 21.8. The van der Waals surface area contributed by atoms with Gasteiger partial charge in [0.25, 0.3) is 0 Å². The van der Waals surface area contributed by atoms with E-state index in [9.17, 15) is 4.39 Å². The predicted molar refractivity (Wildman–Crippen MR) is 130 cm³/mol. The van der Waals surface area contributed by atoms with Crippen molar-refractivity contribution in [1.82, 2.24) is 5.32 Å². The van der Waals surface area contributed by atoms with E-state index in [4.69, 9.17) is 16.7 Å². The van der Waals surface area contributed by atoms with Gasteiger partial charge in [-0.3, -0.25) is 4.39 Å². The minimum atomic E-state index is 0. The second-order valence-corrected chi connectivity index (χ2v) is 7.15. The monoisotopic (exact) mass is 448 g/mol. The third kappa shape index (κ3) is 15.8. The molecule has 0 aromatic heterocycles. The Kier molecular flexibility index (Phi) is 22.4. The summed E-state index contributed by atoms with van der Waals surface area (Å²) in [6.07, 6.45) is 15.1. The van der Waals surface area contributed by atoms with Crippen molar-refractivity contribution >= 4 is 0 Å². The van der Waals surface area contributed by atoms with E-state index in [0.717, 1.165) is 37.8 Å². The van der Waals surface area contributed by atoms with Crippen LogP contribution in [0, 0.1) is 23.8 Å². The maximum Gasteiger partial charge on any atom is 1.00 e. The summed E-state index contributed by atoms with van der Waals surface area (Å²) in [7, 11) is 0.500. The van der Waals surface area contributed by atoms with Gasteiger partial charge in [0.15, 0.2) is 0 Å². The molecule has 1 aliphatic rings. The van der Waals surface area contributed by atoms with Gasteiger partial charge in [-0.05, 0) is 50.6 Å². The second kappa shape index (κ2) is 22.2. The molecule has 0 radical (unpaired) electrons. The third-order valence-corrected chi connectivity index (χ3v) is 4.85. The summed E-state index contributed by atoms with van der Waals surface area (Å²) < 4.78 is 9.50. The van der Waals surface area contributed by atoms with E-state index in [0.29, 0.717) is 19.3 Å². The largest absolute Gasteiger partial charge is 1.00 e. The van der Waals surface area contributed by atoms with Gasteiger partial charge in [-0.15, -0.1) is 18.7 Å². The molecule has 1 atom stereocenters. The van der Waals surface area contributed by atoms with Crippen molar-refractivity contribution in [1.29, 1.82) is 5.26 Å². The molecule has 0 saturated heterocycles. The number of nitrogens with two attached hydrogens (primary N) is 2. The maximum atomic E-state index is 9.50. The van der Waals surface area contributed by atoms with Crippen LogP contribution in [0.15, 0.2) is 73.1 Å². The Morgan fingerprint density at radius 2 is 2.00 bits per heavy atom. The predicted octanol–water partition coefficient (Wildman–Crippen LogP) is 2.46. The Morgan fingerprint density at radius 1 is 1.31 bits per heavy atom. The van der Waals surface area contributed by atoms with Gasteiger partial charge in [0.2, 0.25) is 0 Å². The van der Waals surface area contributed by atoms with Crippen molar-refractivity contribution in [3.8, 4) is 6.07 Å². The summed E-state index contributed by atoms with van der Waals surface area (Å²) in [5, 5.41) is 11.5. The number of nitrogens with one attached hydrogen (secondary N) is 1. The molecule has 32 heavy (non-hydrogen) atoms. The van der Waals surface area contributed by atoms with Crippen molar-refractivity contribution in [3.63, 3.8) is 0 Å². The van der Waals surface area contributed by atoms with Gasteiger partial charge in [0.05, 0.1) is 13.2 Å². The molecule has 0 saturated carbocycles. The fourth-order valence-electron chi connectivity index (χ4n) is 3.12. The van der Waals surface area contributed by atoms with Crippen LogP contribution in [0.25, 0.3) is 0 Å². The standard InChI is InChI=1S/C14H16N.C11H19N3.CH3F.Na/c15-11-14-8-6-13(7-9-14)10-12-4-2-1-3-5-12;1-3-14-9-5-7-11(10(2)13)6-4-8-12;1-2;/h1-2,4,6-9,11H,3,5,10,15H2;3,11,14H,1-2,4-7,9,13H2;1H3;/q-1;;;+1. The number of halogens is 1. The molecule has 0 spiro atoms. The van der Waals surface area contributed by atoms with E-state index in [2.05, 4.69) is 67.0 Å². The number of allylic oxidation sites excluding steroid dienone is 5. The van der Waals surface area contributed by atoms with E-state index in [1.807, 2.05) is 0 Å². The quantitative estimate of drug-likeness (QED) is 0.276. The number of alkyl halides is 1. The topological polar surface area (TPSA) is 87.9 Å². The van der Waals surface area contributed by atoms with Gasteiger partial charge in [-0.2, -0.15) is 23.0 Å². The molecule has 6 heteroatoms. The normalized spacial score (nSPS) is 12.1. The number of rotatable bonds is 11. The first-order chi connectivity index (χ1) is 15.1. The van der Waals surface area contributed by atoms with Crippen LogP contribution in [0.3, 0.4) is 0 Å². The third-order valence-electron chi connectivity index (χ3n) is 4.85. The van der Waals surface area contributed by atoms with Gasteiger partial charge in [0.1, 0.15) is 0 Å². The van der Waals surface area contributed by atoms with Gasteiger partial charge < -0.3 is 16.8 Å². The first kappa shape index (κ1) is 32.2. The zero-order valence-electron chi connectivity index (χ0n) is 19.8. The Bertz CT molecular complexity index is 720. The van der Waals surface area contributed by atoms with Crippen LogP contribution >= 0.6 is 0 Å². The SMILES string of the molecule is C=CNCCCC(CCC#N)C(=C)N.CF.N[CH-]c1ccc(CC2=CC=CCC2)cc1.[Na+]. The Hall–Kier alpha value is -1.97. The van der Waals surface area contributed by atoms with Gasteiger partial charge in [-0.1, -0.05) is 42.5 Å².